The lowest BCUT2D eigenvalue weighted by atomic mass is 10.3. The number of benzene rings is 1. The molecule has 0 spiro atoms. The Labute approximate surface area is 145 Å². The summed E-state index contributed by atoms with van der Waals surface area (Å²) >= 11 is 0. The molecule has 0 amide bonds. The fraction of sp³-hybridized carbons (Fsp3) is 0.105. The molecule has 0 saturated carbocycles. The quantitative estimate of drug-likeness (QED) is 0.602. The first kappa shape index (κ1) is 15.1. The van der Waals surface area contributed by atoms with E-state index in [1.165, 1.54) is 0 Å². The van der Waals surface area contributed by atoms with E-state index in [2.05, 4.69) is 20.5 Å². The standard InChI is InChI=1S/C19H17N5O/c1-14-5-10-19(23-22-14)25-17-8-6-15(7-9-17)20-12-16-13-24-11-3-2-4-18(24)21-16/h2-11,13,20H,12H2,1H3. The molecule has 0 saturated heterocycles. The molecule has 124 valence electrons. The van der Waals surface area contributed by atoms with Crippen molar-refractivity contribution in [3.05, 3.63) is 78.4 Å². The van der Waals surface area contributed by atoms with Gasteiger partial charge in [0.05, 0.1) is 17.9 Å². The second kappa shape index (κ2) is 6.60. The summed E-state index contributed by atoms with van der Waals surface area (Å²) in [4.78, 5) is 4.57. The molecule has 1 aromatic carbocycles. The predicted molar refractivity (Wildman–Crippen MR) is 95.8 cm³/mol. The molecular weight excluding hydrogens is 314 g/mol. The molecule has 0 atom stereocenters. The summed E-state index contributed by atoms with van der Waals surface area (Å²) in [5.41, 5.74) is 3.79. The van der Waals surface area contributed by atoms with E-state index in [1.807, 2.05) is 72.2 Å². The van der Waals surface area contributed by atoms with Crippen molar-refractivity contribution >= 4 is 11.3 Å². The maximum Gasteiger partial charge on any atom is 0.238 e. The van der Waals surface area contributed by atoms with Gasteiger partial charge in [-0.25, -0.2) is 4.98 Å². The third-order valence-electron chi connectivity index (χ3n) is 3.74. The van der Waals surface area contributed by atoms with Crippen molar-refractivity contribution in [2.45, 2.75) is 13.5 Å². The maximum absolute atomic E-state index is 5.67. The summed E-state index contributed by atoms with van der Waals surface area (Å²) in [5.74, 6) is 1.20. The molecule has 4 aromatic rings. The van der Waals surface area contributed by atoms with E-state index < -0.39 is 0 Å². The minimum Gasteiger partial charge on any atom is -0.438 e. The van der Waals surface area contributed by atoms with Gasteiger partial charge in [0.15, 0.2) is 0 Å². The Bertz CT molecular complexity index is 944. The highest BCUT2D eigenvalue weighted by atomic mass is 16.5. The average molecular weight is 331 g/mol. The van der Waals surface area contributed by atoms with Gasteiger partial charge >= 0.3 is 0 Å². The molecule has 0 aliphatic heterocycles. The fourth-order valence-corrected chi connectivity index (χ4v) is 2.47. The van der Waals surface area contributed by atoms with Gasteiger partial charge in [-0.15, -0.1) is 5.10 Å². The normalized spacial score (nSPS) is 10.8. The monoisotopic (exact) mass is 331 g/mol. The van der Waals surface area contributed by atoms with Crippen LogP contribution in [-0.4, -0.2) is 19.6 Å². The minimum absolute atomic E-state index is 0.482. The van der Waals surface area contributed by atoms with Gasteiger partial charge in [-0.05, 0) is 49.4 Å². The summed E-state index contributed by atoms with van der Waals surface area (Å²) in [7, 11) is 0. The molecule has 1 N–H and O–H groups in total. The van der Waals surface area contributed by atoms with Crippen LogP contribution in [0.4, 0.5) is 5.69 Å². The van der Waals surface area contributed by atoms with Crippen molar-refractivity contribution in [1.29, 1.82) is 0 Å². The maximum atomic E-state index is 5.67. The van der Waals surface area contributed by atoms with Crippen LogP contribution in [0.3, 0.4) is 0 Å². The van der Waals surface area contributed by atoms with Crippen molar-refractivity contribution in [2.75, 3.05) is 5.32 Å². The average Bonchev–Trinajstić information content (AvgIpc) is 3.06. The zero-order valence-corrected chi connectivity index (χ0v) is 13.8. The first-order chi connectivity index (χ1) is 12.3. The third kappa shape index (κ3) is 3.58. The molecule has 25 heavy (non-hydrogen) atoms. The number of nitrogens with one attached hydrogen (secondary N) is 1. The zero-order valence-electron chi connectivity index (χ0n) is 13.8. The number of anilines is 1. The van der Waals surface area contributed by atoms with Crippen LogP contribution in [0.2, 0.25) is 0 Å². The summed E-state index contributed by atoms with van der Waals surface area (Å²) in [6.07, 6.45) is 4.02. The molecular formula is C19H17N5O. The number of fused-ring (bicyclic) bond motifs is 1. The lowest BCUT2D eigenvalue weighted by Gasteiger charge is -2.07. The fourth-order valence-electron chi connectivity index (χ4n) is 2.47. The van der Waals surface area contributed by atoms with Gasteiger partial charge in [0.2, 0.25) is 5.88 Å². The summed E-state index contributed by atoms with van der Waals surface area (Å²) in [5, 5.41) is 11.3. The van der Waals surface area contributed by atoms with Crippen molar-refractivity contribution in [3.8, 4) is 11.6 Å². The van der Waals surface area contributed by atoms with Gasteiger partial charge in [0, 0.05) is 24.1 Å². The molecule has 3 aromatic heterocycles. The topological polar surface area (TPSA) is 64.3 Å². The van der Waals surface area contributed by atoms with Crippen LogP contribution in [-0.2, 0) is 6.54 Å². The lowest BCUT2D eigenvalue weighted by molar-refractivity contribution is 0.454. The van der Waals surface area contributed by atoms with Crippen LogP contribution in [0.5, 0.6) is 11.6 Å². The highest BCUT2D eigenvalue weighted by molar-refractivity contribution is 5.47. The molecule has 6 nitrogen and oxygen atoms in total. The van der Waals surface area contributed by atoms with Gasteiger partial charge in [0.1, 0.15) is 11.4 Å². The molecule has 3 heterocycles. The Kier molecular flexibility index (Phi) is 4.00. The van der Waals surface area contributed by atoms with Crippen molar-refractivity contribution in [2.24, 2.45) is 0 Å². The summed E-state index contributed by atoms with van der Waals surface area (Å²) < 4.78 is 7.68. The van der Waals surface area contributed by atoms with Crippen molar-refractivity contribution < 1.29 is 4.74 Å². The van der Waals surface area contributed by atoms with Gasteiger partial charge in [-0.1, -0.05) is 6.07 Å². The zero-order chi connectivity index (χ0) is 17.1. The SMILES string of the molecule is Cc1ccc(Oc2ccc(NCc3cn4ccccc4n3)cc2)nn1. The van der Waals surface area contributed by atoms with Gasteiger partial charge in [-0.3, -0.25) is 0 Å². The first-order valence-electron chi connectivity index (χ1n) is 8.01. The minimum atomic E-state index is 0.482. The third-order valence-corrected chi connectivity index (χ3v) is 3.74. The molecule has 0 aliphatic carbocycles. The van der Waals surface area contributed by atoms with Gasteiger partial charge < -0.3 is 14.5 Å². The van der Waals surface area contributed by atoms with E-state index >= 15 is 0 Å². The highest BCUT2D eigenvalue weighted by Crippen LogP contribution is 2.21. The van der Waals surface area contributed by atoms with Crippen LogP contribution in [0.15, 0.2) is 67.0 Å². The van der Waals surface area contributed by atoms with E-state index in [0.29, 0.717) is 12.4 Å². The van der Waals surface area contributed by atoms with E-state index in [-0.39, 0.29) is 0 Å². The Morgan fingerprint density at radius 2 is 1.88 bits per heavy atom. The number of nitrogens with zero attached hydrogens (tertiary/aromatic N) is 4. The number of rotatable bonds is 5. The molecule has 6 heteroatoms. The van der Waals surface area contributed by atoms with Crippen LogP contribution in [0, 0.1) is 6.92 Å². The van der Waals surface area contributed by atoms with E-state index in [1.54, 1.807) is 6.07 Å². The Morgan fingerprint density at radius 1 is 1.00 bits per heavy atom. The number of pyridine rings is 1. The number of ether oxygens (including phenoxy) is 1. The largest absolute Gasteiger partial charge is 0.438 e. The number of hydrogen-bond acceptors (Lipinski definition) is 5. The summed E-state index contributed by atoms with van der Waals surface area (Å²) in [6.45, 7) is 2.55. The molecule has 0 aliphatic rings. The lowest BCUT2D eigenvalue weighted by Crippen LogP contribution is -1.99. The van der Waals surface area contributed by atoms with Crippen LogP contribution >= 0.6 is 0 Å². The van der Waals surface area contributed by atoms with Crippen LogP contribution in [0.1, 0.15) is 11.4 Å². The van der Waals surface area contributed by atoms with Crippen molar-refractivity contribution in [1.82, 2.24) is 19.6 Å². The predicted octanol–water partition coefficient (Wildman–Crippen LogP) is 3.84. The van der Waals surface area contributed by atoms with Gasteiger partial charge in [0.25, 0.3) is 0 Å². The van der Waals surface area contributed by atoms with Crippen LogP contribution in [0.25, 0.3) is 5.65 Å². The molecule has 0 radical (unpaired) electrons. The summed E-state index contributed by atoms with van der Waals surface area (Å²) in [6, 6.07) is 17.4. The second-order valence-corrected chi connectivity index (χ2v) is 5.69. The Balaban J connectivity index is 1.39. The molecule has 4 rings (SSSR count). The number of hydrogen-bond donors (Lipinski definition) is 1. The van der Waals surface area contributed by atoms with Gasteiger partial charge in [-0.2, -0.15) is 5.10 Å². The first-order valence-corrected chi connectivity index (χ1v) is 8.01. The van der Waals surface area contributed by atoms with Crippen LogP contribution < -0.4 is 10.1 Å². The Morgan fingerprint density at radius 3 is 2.64 bits per heavy atom. The highest BCUT2D eigenvalue weighted by Gasteiger charge is 2.02. The second-order valence-electron chi connectivity index (χ2n) is 5.69. The van der Waals surface area contributed by atoms with E-state index in [4.69, 9.17) is 4.74 Å². The van der Waals surface area contributed by atoms with Crippen molar-refractivity contribution in [3.63, 3.8) is 0 Å². The Hall–Kier alpha value is -3.41. The smallest absolute Gasteiger partial charge is 0.238 e. The number of aromatic nitrogens is 4. The molecule has 0 bridgehead atoms. The molecule has 0 unspecified atom stereocenters. The van der Waals surface area contributed by atoms with E-state index in [9.17, 15) is 0 Å². The number of aryl methyl sites for hydroxylation is 1. The molecule has 0 fully saturated rings. The number of imidazole rings is 1. The van der Waals surface area contributed by atoms with E-state index in [0.717, 1.165) is 28.5 Å².